The van der Waals surface area contributed by atoms with Gasteiger partial charge in [-0.25, -0.2) is 4.79 Å². The first-order valence-corrected chi connectivity index (χ1v) is 7.59. The number of aliphatic carboxylic acids is 1. The van der Waals surface area contributed by atoms with E-state index >= 15 is 0 Å². The van der Waals surface area contributed by atoms with Gasteiger partial charge >= 0.3 is 5.97 Å². The standard InChI is InChI=1S/C16H19N3O5/c1-3-10(2)15(16(21)22)17-14(20)9-18-7-6-11-8-12(19(23)24)4-5-13(11)18/h4-8,10,15H,3,9H2,1-2H3,(H,17,20)(H,21,22). The van der Waals surface area contributed by atoms with Gasteiger partial charge in [-0.05, 0) is 18.1 Å². The van der Waals surface area contributed by atoms with Crippen LogP contribution in [-0.2, 0) is 16.1 Å². The molecule has 128 valence electrons. The Morgan fingerprint density at radius 1 is 1.38 bits per heavy atom. The highest BCUT2D eigenvalue weighted by molar-refractivity contribution is 5.87. The first-order valence-electron chi connectivity index (χ1n) is 7.59. The summed E-state index contributed by atoms with van der Waals surface area (Å²) in [6, 6.07) is 5.12. The summed E-state index contributed by atoms with van der Waals surface area (Å²) in [5.74, 6) is -1.67. The van der Waals surface area contributed by atoms with Crippen LogP contribution in [0.3, 0.4) is 0 Å². The molecule has 0 radical (unpaired) electrons. The minimum Gasteiger partial charge on any atom is -0.480 e. The van der Waals surface area contributed by atoms with Crippen molar-refractivity contribution in [3.05, 3.63) is 40.6 Å². The monoisotopic (exact) mass is 333 g/mol. The average molecular weight is 333 g/mol. The van der Waals surface area contributed by atoms with Crippen LogP contribution in [0.25, 0.3) is 10.9 Å². The fourth-order valence-corrected chi connectivity index (χ4v) is 2.50. The molecular weight excluding hydrogens is 314 g/mol. The quantitative estimate of drug-likeness (QED) is 0.595. The molecule has 0 aliphatic carbocycles. The SMILES string of the molecule is CCC(C)C(NC(=O)Cn1ccc2cc([N+](=O)[O-])ccc21)C(=O)O. The molecule has 1 amide bonds. The Kier molecular flexibility index (Phi) is 5.18. The predicted octanol–water partition coefficient (Wildman–Crippen LogP) is 2.16. The topological polar surface area (TPSA) is 114 Å². The van der Waals surface area contributed by atoms with Crippen molar-refractivity contribution in [2.45, 2.75) is 32.9 Å². The van der Waals surface area contributed by atoms with Crippen LogP contribution in [0.2, 0.25) is 0 Å². The van der Waals surface area contributed by atoms with Gasteiger partial charge in [-0.1, -0.05) is 20.3 Å². The Morgan fingerprint density at radius 2 is 2.08 bits per heavy atom. The third kappa shape index (κ3) is 3.70. The first kappa shape index (κ1) is 17.5. The van der Waals surface area contributed by atoms with Gasteiger partial charge in [0.25, 0.3) is 5.69 Å². The van der Waals surface area contributed by atoms with Gasteiger partial charge < -0.3 is 15.0 Å². The molecule has 8 nitrogen and oxygen atoms in total. The van der Waals surface area contributed by atoms with Crippen LogP contribution in [0.4, 0.5) is 5.69 Å². The molecule has 0 saturated carbocycles. The van der Waals surface area contributed by atoms with Gasteiger partial charge in [0.1, 0.15) is 12.6 Å². The highest BCUT2D eigenvalue weighted by atomic mass is 16.6. The number of hydrogen-bond donors (Lipinski definition) is 2. The minimum absolute atomic E-state index is 0.0209. The van der Waals surface area contributed by atoms with E-state index in [9.17, 15) is 24.8 Å². The van der Waals surface area contributed by atoms with Gasteiger partial charge in [0.2, 0.25) is 5.91 Å². The van der Waals surface area contributed by atoms with E-state index in [4.69, 9.17) is 0 Å². The number of amides is 1. The molecule has 0 bridgehead atoms. The van der Waals surface area contributed by atoms with Crippen LogP contribution in [0.15, 0.2) is 30.5 Å². The minimum atomic E-state index is -1.06. The van der Waals surface area contributed by atoms with Crippen molar-refractivity contribution in [2.24, 2.45) is 5.92 Å². The van der Waals surface area contributed by atoms with E-state index < -0.39 is 22.8 Å². The van der Waals surface area contributed by atoms with E-state index in [1.54, 1.807) is 29.8 Å². The van der Waals surface area contributed by atoms with Crippen molar-refractivity contribution in [1.82, 2.24) is 9.88 Å². The average Bonchev–Trinajstić information content (AvgIpc) is 2.93. The van der Waals surface area contributed by atoms with Crippen LogP contribution in [-0.4, -0.2) is 32.5 Å². The van der Waals surface area contributed by atoms with E-state index in [1.807, 2.05) is 6.92 Å². The Bertz CT molecular complexity index is 783. The number of nitrogens with one attached hydrogen (secondary N) is 1. The van der Waals surface area contributed by atoms with Crippen molar-refractivity contribution in [2.75, 3.05) is 0 Å². The summed E-state index contributed by atoms with van der Waals surface area (Å²) in [4.78, 5) is 33.7. The number of aromatic nitrogens is 1. The lowest BCUT2D eigenvalue weighted by molar-refractivity contribution is -0.384. The summed E-state index contributed by atoms with van der Waals surface area (Å²) in [6.45, 7) is 3.57. The lowest BCUT2D eigenvalue weighted by Crippen LogP contribution is -2.46. The second kappa shape index (κ2) is 7.12. The van der Waals surface area contributed by atoms with E-state index in [-0.39, 0.29) is 18.2 Å². The van der Waals surface area contributed by atoms with E-state index in [0.29, 0.717) is 17.3 Å². The molecule has 2 N–H and O–H groups in total. The number of nitro groups is 1. The van der Waals surface area contributed by atoms with Crippen molar-refractivity contribution >= 4 is 28.5 Å². The zero-order valence-electron chi connectivity index (χ0n) is 13.4. The third-order valence-corrected chi connectivity index (χ3v) is 4.07. The zero-order chi connectivity index (χ0) is 17.9. The number of benzene rings is 1. The summed E-state index contributed by atoms with van der Waals surface area (Å²) in [7, 11) is 0. The molecule has 0 spiro atoms. The fraction of sp³-hybridized carbons (Fsp3) is 0.375. The number of fused-ring (bicyclic) bond motifs is 1. The van der Waals surface area contributed by atoms with Gasteiger partial charge in [-0.3, -0.25) is 14.9 Å². The van der Waals surface area contributed by atoms with Crippen LogP contribution in [0, 0.1) is 16.0 Å². The highest BCUT2D eigenvalue weighted by Crippen LogP contribution is 2.21. The normalized spacial score (nSPS) is 13.4. The van der Waals surface area contributed by atoms with Crippen LogP contribution in [0.5, 0.6) is 0 Å². The summed E-state index contributed by atoms with van der Waals surface area (Å²) in [5, 5.41) is 23.2. The number of nitro benzene ring substituents is 1. The fourth-order valence-electron chi connectivity index (χ4n) is 2.50. The number of carboxylic acid groups (broad SMARTS) is 1. The van der Waals surface area contributed by atoms with Crippen molar-refractivity contribution < 1.29 is 19.6 Å². The Balaban J connectivity index is 2.15. The van der Waals surface area contributed by atoms with Crippen LogP contribution >= 0.6 is 0 Å². The van der Waals surface area contributed by atoms with Crippen molar-refractivity contribution in [3.8, 4) is 0 Å². The number of nitrogens with zero attached hydrogens (tertiary/aromatic N) is 2. The molecule has 2 rings (SSSR count). The molecule has 0 aliphatic heterocycles. The second-order valence-electron chi connectivity index (χ2n) is 5.71. The molecule has 8 heteroatoms. The van der Waals surface area contributed by atoms with Gasteiger partial charge in [-0.2, -0.15) is 0 Å². The molecule has 2 unspecified atom stereocenters. The molecule has 1 aromatic carbocycles. The summed E-state index contributed by atoms with van der Waals surface area (Å²) >= 11 is 0. The highest BCUT2D eigenvalue weighted by Gasteiger charge is 2.25. The first-order chi connectivity index (χ1) is 11.3. The molecular formula is C16H19N3O5. The Hall–Kier alpha value is -2.90. The summed E-state index contributed by atoms with van der Waals surface area (Å²) < 4.78 is 1.63. The maximum Gasteiger partial charge on any atom is 0.326 e. The van der Waals surface area contributed by atoms with E-state index in [2.05, 4.69) is 5.32 Å². The molecule has 1 heterocycles. The molecule has 2 atom stereocenters. The largest absolute Gasteiger partial charge is 0.480 e. The van der Waals surface area contributed by atoms with Gasteiger partial charge in [0, 0.05) is 29.2 Å². The number of carbonyl (C=O) groups is 2. The van der Waals surface area contributed by atoms with Gasteiger partial charge in [0.15, 0.2) is 0 Å². The molecule has 0 aliphatic rings. The molecule has 1 aromatic heterocycles. The van der Waals surface area contributed by atoms with E-state index in [0.717, 1.165) is 0 Å². The predicted molar refractivity (Wildman–Crippen MR) is 87.6 cm³/mol. The maximum absolute atomic E-state index is 12.2. The number of carboxylic acids is 1. The third-order valence-electron chi connectivity index (χ3n) is 4.07. The van der Waals surface area contributed by atoms with Crippen molar-refractivity contribution in [1.29, 1.82) is 0 Å². The van der Waals surface area contributed by atoms with Crippen molar-refractivity contribution in [3.63, 3.8) is 0 Å². The Labute approximate surface area is 138 Å². The zero-order valence-corrected chi connectivity index (χ0v) is 13.4. The molecule has 24 heavy (non-hydrogen) atoms. The Morgan fingerprint density at radius 3 is 2.67 bits per heavy atom. The molecule has 0 saturated heterocycles. The summed E-state index contributed by atoms with van der Waals surface area (Å²) in [5.41, 5.74) is 0.651. The van der Waals surface area contributed by atoms with Gasteiger partial charge in [0.05, 0.1) is 4.92 Å². The number of rotatable bonds is 7. The van der Waals surface area contributed by atoms with E-state index in [1.165, 1.54) is 12.1 Å². The molecule has 0 fully saturated rings. The number of non-ortho nitro benzene ring substituents is 1. The lowest BCUT2D eigenvalue weighted by Gasteiger charge is -2.20. The summed E-state index contributed by atoms with van der Waals surface area (Å²) in [6.07, 6.45) is 2.28. The molecule has 2 aromatic rings. The maximum atomic E-state index is 12.2. The lowest BCUT2D eigenvalue weighted by atomic mass is 9.99. The second-order valence-corrected chi connectivity index (χ2v) is 5.71. The smallest absolute Gasteiger partial charge is 0.326 e. The number of hydrogen-bond acceptors (Lipinski definition) is 4. The van der Waals surface area contributed by atoms with Crippen LogP contribution < -0.4 is 5.32 Å². The van der Waals surface area contributed by atoms with Gasteiger partial charge in [-0.15, -0.1) is 0 Å². The van der Waals surface area contributed by atoms with Crippen LogP contribution in [0.1, 0.15) is 20.3 Å². The number of carbonyl (C=O) groups excluding carboxylic acids is 1.